The molecule has 1 rings (SSSR count). The van der Waals surface area contributed by atoms with Crippen molar-refractivity contribution in [1.82, 2.24) is 10.1 Å². The maximum absolute atomic E-state index is 5.70. The van der Waals surface area contributed by atoms with Crippen LogP contribution >= 0.6 is 0 Å². The molecule has 2 unspecified atom stereocenters. The minimum atomic E-state index is 0.176. The molecule has 2 atom stereocenters. The van der Waals surface area contributed by atoms with Crippen molar-refractivity contribution in [2.45, 2.75) is 46.0 Å². The van der Waals surface area contributed by atoms with Gasteiger partial charge in [0.25, 0.3) is 0 Å². The second-order valence-corrected chi connectivity index (χ2v) is 4.39. The maximum atomic E-state index is 5.70. The molecule has 0 saturated heterocycles. The second-order valence-electron chi connectivity index (χ2n) is 4.39. The van der Waals surface area contributed by atoms with Crippen LogP contribution in [0.2, 0.25) is 0 Å². The van der Waals surface area contributed by atoms with Crippen molar-refractivity contribution in [2.24, 2.45) is 11.7 Å². The van der Waals surface area contributed by atoms with E-state index in [1.54, 1.807) is 0 Å². The van der Waals surface area contributed by atoms with Gasteiger partial charge in [-0.25, -0.2) is 0 Å². The van der Waals surface area contributed by atoms with Crippen molar-refractivity contribution in [3.63, 3.8) is 0 Å². The Kier molecular flexibility index (Phi) is 4.27. The van der Waals surface area contributed by atoms with Crippen LogP contribution in [-0.4, -0.2) is 16.7 Å². The van der Waals surface area contributed by atoms with E-state index in [2.05, 4.69) is 37.8 Å². The fourth-order valence-corrected chi connectivity index (χ4v) is 1.44. The molecule has 15 heavy (non-hydrogen) atoms. The SMILES string of the molecule is CCC(C)c1noc(C(CN)C(C)C)n1. The van der Waals surface area contributed by atoms with E-state index in [1.807, 2.05) is 0 Å². The zero-order valence-electron chi connectivity index (χ0n) is 10.0. The second kappa shape index (κ2) is 5.26. The Balaban J connectivity index is 2.82. The predicted octanol–water partition coefficient (Wildman–Crippen LogP) is 2.28. The summed E-state index contributed by atoms with van der Waals surface area (Å²) in [6.45, 7) is 9.00. The number of aromatic nitrogens is 2. The first-order chi connectivity index (χ1) is 7.10. The summed E-state index contributed by atoms with van der Waals surface area (Å²) < 4.78 is 5.26. The third-order valence-corrected chi connectivity index (χ3v) is 2.89. The summed E-state index contributed by atoms with van der Waals surface area (Å²) >= 11 is 0. The number of nitrogens with two attached hydrogens (primary N) is 1. The normalized spacial score (nSPS) is 15.6. The van der Waals surface area contributed by atoms with Crippen molar-refractivity contribution in [1.29, 1.82) is 0 Å². The minimum Gasteiger partial charge on any atom is -0.339 e. The van der Waals surface area contributed by atoms with Crippen LogP contribution in [0.25, 0.3) is 0 Å². The summed E-state index contributed by atoms with van der Waals surface area (Å²) in [6.07, 6.45) is 1.02. The first-order valence-electron chi connectivity index (χ1n) is 5.63. The summed E-state index contributed by atoms with van der Waals surface area (Å²) in [5.41, 5.74) is 5.70. The van der Waals surface area contributed by atoms with Crippen molar-refractivity contribution in [2.75, 3.05) is 6.54 Å². The molecular formula is C11H21N3O. The molecular weight excluding hydrogens is 190 g/mol. The molecule has 0 bridgehead atoms. The Hall–Kier alpha value is -0.900. The lowest BCUT2D eigenvalue weighted by Gasteiger charge is -2.13. The van der Waals surface area contributed by atoms with E-state index in [1.165, 1.54) is 0 Å². The molecule has 0 saturated carbocycles. The Morgan fingerprint density at radius 1 is 1.33 bits per heavy atom. The van der Waals surface area contributed by atoms with E-state index in [0.29, 0.717) is 24.3 Å². The zero-order valence-corrected chi connectivity index (χ0v) is 10.0. The Bertz CT molecular complexity index is 296. The zero-order chi connectivity index (χ0) is 11.4. The molecule has 86 valence electrons. The lowest BCUT2D eigenvalue weighted by atomic mass is 9.96. The molecule has 1 heterocycles. The van der Waals surface area contributed by atoms with E-state index in [-0.39, 0.29) is 5.92 Å². The quantitative estimate of drug-likeness (QED) is 0.811. The highest BCUT2D eigenvalue weighted by atomic mass is 16.5. The molecule has 1 aromatic heterocycles. The van der Waals surface area contributed by atoms with E-state index in [0.717, 1.165) is 12.2 Å². The third kappa shape index (κ3) is 2.78. The summed E-state index contributed by atoms with van der Waals surface area (Å²) in [5, 5.41) is 4.00. The largest absolute Gasteiger partial charge is 0.339 e. The average molecular weight is 211 g/mol. The van der Waals surface area contributed by atoms with Gasteiger partial charge in [0, 0.05) is 12.5 Å². The third-order valence-electron chi connectivity index (χ3n) is 2.89. The molecule has 0 aliphatic rings. The number of nitrogens with zero attached hydrogens (tertiary/aromatic N) is 2. The first kappa shape index (κ1) is 12.2. The molecule has 0 amide bonds. The van der Waals surface area contributed by atoms with E-state index in [9.17, 15) is 0 Å². The van der Waals surface area contributed by atoms with E-state index < -0.39 is 0 Å². The molecule has 1 aromatic rings. The maximum Gasteiger partial charge on any atom is 0.231 e. The summed E-state index contributed by atoms with van der Waals surface area (Å²) in [6, 6.07) is 0. The molecule has 0 aliphatic heterocycles. The molecule has 0 fully saturated rings. The predicted molar refractivity (Wildman–Crippen MR) is 59.6 cm³/mol. The van der Waals surface area contributed by atoms with Crippen LogP contribution in [0.5, 0.6) is 0 Å². The topological polar surface area (TPSA) is 64.9 Å². The van der Waals surface area contributed by atoms with Gasteiger partial charge in [-0.1, -0.05) is 32.9 Å². The van der Waals surface area contributed by atoms with Gasteiger partial charge in [-0.15, -0.1) is 0 Å². The fraction of sp³-hybridized carbons (Fsp3) is 0.818. The fourth-order valence-electron chi connectivity index (χ4n) is 1.44. The highest BCUT2D eigenvalue weighted by Crippen LogP contribution is 2.23. The summed E-state index contributed by atoms with van der Waals surface area (Å²) in [5.74, 6) is 2.44. The van der Waals surface area contributed by atoms with Crippen LogP contribution in [-0.2, 0) is 0 Å². The van der Waals surface area contributed by atoms with Crippen LogP contribution in [0.15, 0.2) is 4.52 Å². The minimum absolute atomic E-state index is 0.176. The van der Waals surface area contributed by atoms with Crippen molar-refractivity contribution < 1.29 is 4.52 Å². The molecule has 0 aliphatic carbocycles. The lowest BCUT2D eigenvalue weighted by molar-refractivity contribution is 0.320. The van der Waals surface area contributed by atoms with E-state index in [4.69, 9.17) is 10.3 Å². The average Bonchev–Trinajstić information content (AvgIpc) is 2.66. The van der Waals surface area contributed by atoms with Gasteiger partial charge in [0.05, 0.1) is 5.92 Å². The smallest absolute Gasteiger partial charge is 0.231 e. The Morgan fingerprint density at radius 3 is 2.47 bits per heavy atom. The van der Waals surface area contributed by atoms with Crippen LogP contribution in [0, 0.1) is 5.92 Å². The van der Waals surface area contributed by atoms with Gasteiger partial charge in [-0.05, 0) is 12.3 Å². The molecule has 2 N–H and O–H groups in total. The van der Waals surface area contributed by atoms with Crippen molar-refractivity contribution in [3.8, 4) is 0 Å². The van der Waals surface area contributed by atoms with Crippen molar-refractivity contribution in [3.05, 3.63) is 11.7 Å². The van der Waals surface area contributed by atoms with Gasteiger partial charge in [-0.2, -0.15) is 4.98 Å². The molecule has 0 radical (unpaired) electrons. The van der Waals surface area contributed by atoms with Gasteiger partial charge < -0.3 is 10.3 Å². The molecule has 4 heteroatoms. The van der Waals surface area contributed by atoms with Crippen LogP contribution in [0.1, 0.15) is 57.7 Å². The van der Waals surface area contributed by atoms with Crippen LogP contribution in [0.4, 0.5) is 0 Å². The monoisotopic (exact) mass is 211 g/mol. The molecule has 0 spiro atoms. The highest BCUT2D eigenvalue weighted by Gasteiger charge is 2.22. The van der Waals surface area contributed by atoms with E-state index >= 15 is 0 Å². The van der Waals surface area contributed by atoms with Crippen LogP contribution in [0.3, 0.4) is 0 Å². The molecule has 0 aromatic carbocycles. The van der Waals surface area contributed by atoms with Gasteiger partial charge in [0.2, 0.25) is 5.89 Å². The van der Waals surface area contributed by atoms with Gasteiger partial charge in [-0.3, -0.25) is 0 Å². The number of rotatable bonds is 5. The number of hydrogen-bond donors (Lipinski definition) is 1. The summed E-state index contributed by atoms with van der Waals surface area (Å²) in [7, 11) is 0. The van der Waals surface area contributed by atoms with Crippen LogP contribution < -0.4 is 5.73 Å². The van der Waals surface area contributed by atoms with Gasteiger partial charge in [0.15, 0.2) is 5.82 Å². The standard InChI is InChI=1S/C11H21N3O/c1-5-8(4)10-13-11(15-14-10)9(6-12)7(2)3/h7-9H,5-6,12H2,1-4H3. The highest BCUT2D eigenvalue weighted by molar-refractivity contribution is 4.99. The first-order valence-corrected chi connectivity index (χ1v) is 5.63. The Labute approximate surface area is 91.2 Å². The van der Waals surface area contributed by atoms with Crippen molar-refractivity contribution >= 4 is 0 Å². The Morgan fingerprint density at radius 2 is 2.00 bits per heavy atom. The van der Waals surface area contributed by atoms with Gasteiger partial charge in [0.1, 0.15) is 0 Å². The summed E-state index contributed by atoms with van der Waals surface area (Å²) in [4.78, 5) is 4.42. The molecule has 4 nitrogen and oxygen atoms in total. The number of hydrogen-bond acceptors (Lipinski definition) is 4. The van der Waals surface area contributed by atoms with Gasteiger partial charge >= 0.3 is 0 Å². The lowest BCUT2D eigenvalue weighted by Crippen LogP contribution is -2.18.